The lowest BCUT2D eigenvalue weighted by Crippen LogP contribution is -2.26. The molecule has 0 aliphatic rings. The molecule has 0 aromatic heterocycles. The SMILES string of the molecule is CCCNC(=O)c1ccccc1NC(=O)c1cc(C(C)C)c(OC)cc1C. The minimum absolute atomic E-state index is 0.193. The van der Waals surface area contributed by atoms with Crippen LogP contribution in [0.25, 0.3) is 0 Å². The maximum Gasteiger partial charge on any atom is 0.255 e. The van der Waals surface area contributed by atoms with Crippen LogP contribution in [-0.4, -0.2) is 25.5 Å². The van der Waals surface area contributed by atoms with Gasteiger partial charge in [0.15, 0.2) is 0 Å². The van der Waals surface area contributed by atoms with Gasteiger partial charge in [-0.15, -0.1) is 0 Å². The van der Waals surface area contributed by atoms with Gasteiger partial charge < -0.3 is 15.4 Å². The molecule has 5 nitrogen and oxygen atoms in total. The standard InChI is InChI=1S/C22H28N2O3/c1-6-11-23-21(25)16-9-7-8-10-19(16)24-22(26)18-13-17(14(2)3)20(27-5)12-15(18)4/h7-10,12-14H,6,11H2,1-5H3,(H,23,25)(H,24,26). The molecule has 2 aromatic rings. The Morgan fingerprint density at radius 1 is 1.07 bits per heavy atom. The topological polar surface area (TPSA) is 67.4 Å². The van der Waals surface area contributed by atoms with E-state index < -0.39 is 0 Å². The molecule has 0 spiro atoms. The molecule has 0 saturated heterocycles. The third-order valence-electron chi connectivity index (χ3n) is 4.40. The largest absolute Gasteiger partial charge is 0.496 e. The molecule has 0 aliphatic carbocycles. The van der Waals surface area contributed by atoms with Crippen LogP contribution in [0.5, 0.6) is 5.75 Å². The van der Waals surface area contributed by atoms with Crippen LogP contribution in [0.1, 0.15) is 65.0 Å². The number of benzene rings is 2. The third kappa shape index (κ3) is 4.88. The normalized spacial score (nSPS) is 10.6. The van der Waals surface area contributed by atoms with Gasteiger partial charge in [-0.1, -0.05) is 32.9 Å². The summed E-state index contributed by atoms with van der Waals surface area (Å²) in [7, 11) is 1.63. The highest BCUT2D eigenvalue weighted by atomic mass is 16.5. The number of methoxy groups -OCH3 is 1. The van der Waals surface area contributed by atoms with Crippen LogP contribution in [0, 0.1) is 6.92 Å². The van der Waals surface area contributed by atoms with Gasteiger partial charge in [-0.05, 0) is 54.7 Å². The van der Waals surface area contributed by atoms with E-state index in [2.05, 4.69) is 24.5 Å². The number of anilines is 1. The molecule has 0 saturated carbocycles. The second-order valence-corrected chi connectivity index (χ2v) is 6.82. The predicted molar refractivity (Wildman–Crippen MR) is 109 cm³/mol. The first-order valence-electron chi connectivity index (χ1n) is 9.26. The van der Waals surface area contributed by atoms with E-state index in [0.717, 1.165) is 23.3 Å². The van der Waals surface area contributed by atoms with Crippen molar-refractivity contribution >= 4 is 17.5 Å². The van der Waals surface area contributed by atoms with Crippen LogP contribution in [0.3, 0.4) is 0 Å². The van der Waals surface area contributed by atoms with Crippen LogP contribution in [0.15, 0.2) is 36.4 Å². The number of rotatable bonds is 7. The molecule has 5 heteroatoms. The lowest BCUT2D eigenvalue weighted by Gasteiger charge is -2.17. The molecular weight excluding hydrogens is 340 g/mol. The second-order valence-electron chi connectivity index (χ2n) is 6.82. The van der Waals surface area contributed by atoms with Gasteiger partial charge in [0.2, 0.25) is 0 Å². The monoisotopic (exact) mass is 368 g/mol. The molecule has 2 rings (SSSR count). The summed E-state index contributed by atoms with van der Waals surface area (Å²) in [6.07, 6.45) is 0.850. The predicted octanol–water partition coefficient (Wildman–Crippen LogP) is 4.52. The van der Waals surface area contributed by atoms with Crippen molar-refractivity contribution in [3.8, 4) is 5.75 Å². The number of aryl methyl sites for hydroxylation is 1. The highest BCUT2D eigenvalue weighted by Crippen LogP contribution is 2.30. The quantitative estimate of drug-likeness (QED) is 0.755. The molecule has 0 fully saturated rings. The number of carbonyl (C=O) groups excluding carboxylic acids is 2. The van der Waals surface area contributed by atoms with Crippen molar-refractivity contribution in [1.29, 1.82) is 0 Å². The van der Waals surface area contributed by atoms with Crippen molar-refractivity contribution in [2.24, 2.45) is 0 Å². The molecule has 0 unspecified atom stereocenters. The van der Waals surface area contributed by atoms with E-state index in [1.54, 1.807) is 31.4 Å². The maximum absolute atomic E-state index is 12.9. The lowest BCUT2D eigenvalue weighted by molar-refractivity contribution is 0.0954. The summed E-state index contributed by atoms with van der Waals surface area (Å²) in [5.74, 6) is 0.562. The van der Waals surface area contributed by atoms with Crippen molar-refractivity contribution in [2.45, 2.75) is 40.0 Å². The first-order chi connectivity index (χ1) is 12.9. The Kier molecular flexibility index (Phi) is 6.99. The molecule has 27 heavy (non-hydrogen) atoms. The van der Waals surface area contributed by atoms with E-state index in [1.807, 2.05) is 26.0 Å². The zero-order valence-electron chi connectivity index (χ0n) is 16.7. The number of para-hydroxylation sites is 1. The summed E-state index contributed by atoms with van der Waals surface area (Å²) >= 11 is 0. The molecule has 2 N–H and O–H groups in total. The Morgan fingerprint density at radius 2 is 1.78 bits per heavy atom. The highest BCUT2D eigenvalue weighted by molar-refractivity contribution is 6.09. The van der Waals surface area contributed by atoms with Crippen LogP contribution in [-0.2, 0) is 0 Å². The molecule has 2 amide bonds. The molecule has 0 radical (unpaired) electrons. The summed E-state index contributed by atoms with van der Waals surface area (Å²) in [5, 5.41) is 5.73. The maximum atomic E-state index is 12.9. The van der Waals surface area contributed by atoms with Crippen molar-refractivity contribution in [3.63, 3.8) is 0 Å². The van der Waals surface area contributed by atoms with E-state index >= 15 is 0 Å². The Bertz CT molecular complexity index is 828. The Labute approximate surface area is 161 Å². The smallest absolute Gasteiger partial charge is 0.255 e. The number of nitrogens with one attached hydrogen (secondary N) is 2. The zero-order valence-corrected chi connectivity index (χ0v) is 16.7. The summed E-state index contributed by atoms with van der Waals surface area (Å²) in [4.78, 5) is 25.3. The number of hydrogen-bond donors (Lipinski definition) is 2. The van der Waals surface area contributed by atoms with Gasteiger partial charge in [0.05, 0.1) is 18.4 Å². The Hall–Kier alpha value is -2.82. The van der Waals surface area contributed by atoms with Crippen LogP contribution < -0.4 is 15.4 Å². The van der Waals surface area contributed by atoms with Crippen molar-refractivity contribution in [2.75, 3.05) is 19.0 Å². The Balaban J connectivity index is 2.33. The molecule has 0 bridgehead atoms. The van der Waals surface area contributed by atoms with Gasteiger partial charge >= 0.3 is 0 Å². The Morgan fingerprint density at radius 3 is 2.41 bits per heavy atom. The van der Waals surface area contributed by atoms with Gasteiger partial charge in [-0.3, -0.25) is 9.59 Å². The fourth-order valence-corrected chi connectivity index (χ4v) is 2.88. The van der Waals surface area contributed by atoms with Crippen molar-refractivity contribution in [1.82, 2.24) is 5.32 Å². The number of ether oxygens (including phenoxy) is 1. The molecule has 0 aliphatic heterocycles. The second kappa shape index (κ2) is 9.21. The minimum Gasteiger partial charge on any atom is -0.496 e. The summed E-state index contributed by atoms with van der Waals surface area (Å²) in [6, 6.07) is 10.8. The fourth-order valence-electron chi connectivity index (χ4n) is 2.88. The highest BCUT2D eigenvalue weighted by Gasteiger charge is 2.18. The van der Waals surface area contributed by atoms with E-state index in [9.17, 15) is 9.59 Å². The van der Waals surface area contributed by atoms with Gasteiger partial charge in [0.1, 0.15) is 5.75 Å². The lowest BCUT2D eigenvalue weighted by atomic mass is 9.96. The first kappa shape index (κ1) is 20.5. The molecule has 0 atom stereocenters. The van der Waals surface area contributed by atoms with Crippen LogP contribution in [0.4, 0.5) is 5.69 Å². The van der Waals surface area contributed by atoms with Gasteiger partial charge in [0, 0.05) is 12.1 Å². The van der Waals surface area contributed by atoms with E-state index in [0.29, 0.717) is 23.4 Å². The van der Waals surface area contributed by atoms with Crippen LogP contribution in [0.2, 0.25) is 0 Å². The number of amides is 2. The van der Waals surface area contributed by atoms with Crippen molar-refractivity contribution < 1.29 is 14.3 Å². The molecular formula is C22H28N2O3. The third-order valence-corrected chi connectivity index (χ3v) is 4.40. The zero-order chi connectivity index (χ0) is 20.0. The summed E-state index contributed by atoms with van der Waals surface area (Å²) < 4.78 is 5.44. The van der Waals surface area contributed by atoms with Gasteiger partial charge in [0.25, 0.3) is 11.8 Å². The van der Waals surface area contributed by atoms with E-state index in [4.69, 9.17) is 4.74 Å². The molecule has 2 aromatic carbocycles. The van der Waals surface area contributed by atoms with E-state index in [1.165, 1.54) is 0 Å². The van der Waals surface area contributed by atoms with Crippen LogP contribution >= 0.6 is 0 Å². The molecule has 0 heterocycles. The number of hydrogen-bond acceptors (Lipinski definition) is 3. The molecule has 144 valence electrons. The van der Waals surface area contributed by atoms with Gasteiger partial charge in [-0.2, -0.15) is 0 Å². The van der Waals surface area contributed by atoms with E-state index in [-0.39, 0.29) is 17.7 Å². The van der Waals surface area contributed by atoms with Gasteiger partial charge in [-0.25, -0.2) is 0 Å². The summed E-state index contributed by atoms with van der Waals surface area (Å²) in [5.41, 5.74) is 3.32. The first-order valence-corrected chi connectivity index (χ1v) is 9.26. The minimum atomic E-state index is -0.243. The average Bonchev–Trinajstić information content (AvgIpc) is 2.65. The fraction of sp³-hybridized carbons (Fsp3) is 0.364. The number of carbonyl (C=O) groups is 2. The summed E-state index contributed by atoms with van der Waals surface area (Å²) in [6.45, 7) is 8.58. The average molecular weight is 368 g/mol. The van der Waals surface area contributed by atoms with Crippen molar-refractivity contribution in [3.05, 3.63) is 58.7 Å².